The highest BCUT2D eigenvalue weighted by Crippen LogP contribution is 2.60. The highest BCUT2D eigenvalue weighted by Gasteiger charge is 2.61. The van der Waals surface area contributed by atoms with Gasteiger partial charge in [0.15, 0.2) is 11.6 Å². The molecule has 2 rings (SSSR count). The van der Waals surface area contributed by atoms with Gasteiger partial charge in [-0.15, -0.1) is 0 Å². The molecule has 0 amide bonds. The second kappa shape index (κ2) is 7.37. The van der Waals surface area contributed by atoms with Gasteiger partial charge in [0, 0.05) is 16.7 Å². The molecule has 2 atom stereocenters. The molecule has 1 aromatic rings. The quantitative estimate of drug-likeness (QED) is 0.435. The summed E-state index contributed by atoms with van der Waals surface area (Å²) >= 11 is 0. The molecule has 0 unspecified atom stereocenters. The van der Waals surface area contributed by atoms with Gasteiger partial charge in [-0.2, -0.15) is 0 Å². The highest BCUT2D eigenvalue weighted by atomic mass is 19.2. The minimum Gasteiger partial charge on any atom is -0.466 e. The van der Waals surface area contributed by atoms with Crippen molar-refractivity contribution in [3.8, 4) is 0 Å². The monoisotopic (exact) mass is 384 g/mol. The normalized spacial score (nSPS) is 21.0. The first-order valence-corrected chi connectivity index (χ1v) is 8.51. The van der Waals surface area contributed by atoms with Crippen LogP contribution in [0.5, 0.6) is 0 Å². The Morgan fingerprint density at radius 3 is 2.22 bits per heavy atom. The summed E-state index contributed by atoms with van der Waals surface area (Å²) in [6.07, 6.45) is 1.65. The lowest BCUT2D eigenvalue weighted by Crippen LogP contribution is -2.13. The first-order valence-electron chi connectivity index (χ1n) is 8.51. The van der Waals surface area contributed by atoms with Gasteiger partial charge in [0.1, 0.15) is 12.4 Å². The van der Waals surface area contributed by atoms with Crippen LogP contribution in [-0.4, -0.2) is 19.0 Å². The van der Waals surface area contributed by atoms with E-state index in [0.29, 0.717) is 5.57 Å². The van der Waals surface area contributed by atoms with Crippen molar-refractivity contribution in [3.63, 3.8) is 0 Å². The van der Waals surface area contributed by atoms with Crippen molar-refractivity contribution >= 4 is 11.9 Å². The van der Waals surface area contributed by atoms with E-state index in [9.17, 15) is 22.8 Å². The van der Waals surface area contributed by atoms with E-state index < -0.39 is 52.9 Å². The summed E-state index contributed by atoms with van der Waals surface area (Å²) in [5, 5.41) is 0. The molecule has 0 aliphatic heterocycles. The average Bonchev–Trinajstić information content (AvgIpc) is 3.17. The third-order valence-corrected chi connectivity index (χ3v) is 5.36. The van der Waals surface area contributed by atoms with E-state index in [1.807, 2.05) is 13.8 Å². The molecule has 0 N–H and O–H groups in total. The van der Waals surface area contributed by atoms with Gasteiger partial charge >= 0.3 is 11.9 Å². The lowest BCUT2D eigenvalue weighted by Gasteiger charge is -2.13. The number of carbonyl (C=O) groups is 2. The first-order chi connectivity index (χ1) is 12.4. The van der Waals surface area contributed by atoms with Gasteiger partial charge in [0.25, 0.3) is 0 Å². The number of methoxy groups -OCH3 is 1. The SMILES string of the molecule is COC(=O)/C(C)=C/[C@@H]1[C@@H](C(=O)OCc2c(C)c(F)c(C)c(F)c2F)C1(C)C. The number of hydrogen-bond donors (Lipinski definition) is 0. The minimum absolute atomic E-state index is 0.0905. The average molecular weight is 384 g/mol. The van der Waals surface area contributed by atoms with Crippen LogP contribution < -0.4 is 0 Å². The van der Waals surface area contributed by atoms with Crippen LogP contribution in [0.4, 0.5) is 13.2 Å². The number of carbonyl (C=O) groups excluding carboxylic acids is 2. The number of esters is 2. The Morgan fingerprint density at radius 1 is 1.07 bits per heavy atom. The predicted molar refractivity (Wildman–Crippen MR) is 92.1 cm³/mol. The van der Waals surface area contributed by atoms with E-state index >= 15 is 0 Å². The number of allylic oxidation sites excluding steroid dienone is 1. The van der Waals surface area contributed by atoms with Gasteiger partial charge in [-0.1, -0.05) is 19.9 Å². The summed E-state index contributed by atoms with van der Waals surface area (Å²) < 4.78 is 51.6. The number of halogens is 3. The second-order valence-corrected chi connectivity index (χ2v) is 7.44. The van der Waals surface area contributed by atoms with Crippen molar-refractivity contribution in [3.05, 3.63) is 45.8 Å². The zero-order valence-corrected chi connectivity index (χ0v) is 16.2. The van der Waals surface area contributed by atoms with Crippen molar-refractivity contribution < 1.29 is 32.2 Å². The Balaban J connectivity index is 2.15. The number of rotatable bonds is 5. The minimum atomic E-state index is -1.29. The molecule has 1 fully saturated rings. The van der Waals surface area contributed by atoms with E-state index in [4.69, 9.17) is 4.74 Å². The lowest BCUT2D eigenvalue weighted by molar-refractivity contribution is -0.147. The molecule has 7 heteroatoms. The maximum absolute atomic E-state index is 14.1. The Labute approximate surface area is 156 Å². The van der Waals surface area contributed by atoms with Gasteiger partial charge < -0.3 is 9.47 Å². The maximum Gasteiger partial charge on any atom is 0.333 e. The molecule has 0 saturated heterocycles. The molecule has 1 aromatic carbocycles. The van der Waals surface area contributed by atoms with Crippen LogP contribution in [0.25, 0.3) is 0 Å². The molecule has 0 aromatic heterocycles. The Morgan fingerprint density at radius 2 is 1.67 bits per heavy atom. The van der Waals surface area contributed by atoms with E-state index in [0.717, 1.165) is 6.92 Å². The van der Waals surface area contributed by atoms with E-state index in [1.165, 1.54) is 14.0 Å². The third kappa shape index (κ3) is 3.73. The Kier molecular flexibility index (Phi) is 5.73. The number of ether oxygens (including phenoxy) is 2. The summed E-state index contributed by atoms with van der Waals surface area (Å²) in [6, 6.07) is 0. The van der Waals surface area contributed by atoms with Crippen LogP contribution in [-0.2, 0) is 25.7 Å². The molecular weight excluding hydrogens is 361 g/mol. The fourth-order valence-electron chi connectivity index (χ4n) is 3.31. The van der Waals surface area contributed by atoms with Crippen LogP contribution >= 0.6 is 0 Å². The van der Waals surface area contributed by atoms with Gasteiger partial charge in [0.2, 0.25) is 0 Å². The predicted octanol–water partition coefficient (Wildman–Crippen LogP) is 4.16. The zero-order chi connectivity index (χ0) is 20.7. The van der Waals surface area contributed by atoms with Crippen LogP contribution in [0.15, 0.2) is 11.6 Å². The van der Waals surface area contributed by atoms with Crippen molar-refractivity contribution in [1.82, 2.24) is 0 Å². The first kappa shape index (κ1) is 21.0. The van der Waals surface area contributed by atoms with Gasteiger partial charge in [-0.25, -0.2) is 18.0 Å². The summed E-state index contributed by atoms with van der Waals surface area (Å²) in [7, 11) is 1.26. The smallest absolute Gasteiger partial charge is 0.333 e. The number of hydrogen-bond acceptors (Lipinski definition) is 4. The van der Waals surface area contributed by atoms with Crippen molar-refractivity contribution in [2.75, 3.05) is 7.11 Å². The molecule has 0 spiro atoms. The standard InChI is InChI=1S/C20H23F3O4/c1-9(18(24)26-6)7-13-14(20(13,4)5)19(25)27-8-12-10(2)15(21)11(3)16(22)17(12)23/h7,13-14H,8H2,1-6H3/b9-7+/t13-,14+/m1/s1. The van der Waals surface area contributed by atoms with Gasteiger partial charge in [-0.3, -0.25) is 4.79 Å². The van der Waals surface area contributed by atoms with Crippen LogP contribution in [0, 0.1) is 48.5 Å². The van der Waals surface area contributed by atoms with Gasteiger partial charge in [0.05, 0.1) is 13.0 Å². The molecule has 0 radical (unpaired) electrons. The molecule has 1 aliphatic carbocycles. The summed E-state index contributed by atoms with van der Waals surface area (Å²) in [4.78, 5) is 23.9. The molecular formula is C20H23F3O4. The molecule has 4 nitrogen and oxygen atoms in total. The molecule has 148 valence electrons. The lowest BCUT2D eigenvalue weighted by atomic mass is 10.0. The van der Waals surface area contributed by atoms with Crippen LogP contribution in [0.1, 0.15) is 37.5 Å². The fourth-order valence-corrected chi connectivity index (χ4v) is 3.31. The summed E-state index contributed by atoms with van der Waals surface area (Å²) in [6.45, 7) is 7.14. The van der Waals surface area contributed by atoms with E-state index in [-0.39, 0.29) is 17.0 Å². The fraction of sp³-hybridized carbons (Fsp3) is 0.500. The molecule has 27 heavy (non-hydrogen) atoms. The van der Waals surface area contributed by atoms with Crippen LogP contribution in [0.2, 0.25) is 0 Å². The third-order valence-electron chi connectivity index (χ3n) is 5.36. The van der Waals surface area contributed by atoms with E-state index in [1.54, 1.807) is 13.0 Å². The topological polar surface area (TPSA) is 52.6 Å². The van der Waals surface area contributed by atoms with Gasteiger partial charge in [-0.05, 0) is 37.7 Å². The van der Waals surface area contributed by atoms with Crippen molar-refractivity contribution in [1.29, 1.82) is 0 Å². The Bertz CT molecular complexity index is 798. The zero-order valence-electron chi connectivity index (χ0n) is 16.2. The Hall–Kier alpha value is -2.31. The number of benzene rings is 1. The van der Waals surface area contributed by atoms with Crippen molar-refractivity contribution in [2.24, 2.45) is 17.3 Å². The highest BCUT2D eigenvalue weighted by molar-refractivity contribution is 5.88. The summed E-state index contributed by atoms with van der Waals surface area (Å²) in [5.41, 5.74) is -0.904. The summed E-state index contributed by atoms with van der Waals surface area (Å²) in [5.74, 6) is -5.26. The molecule has 0 heterocycles. The molecule has 1 aliphatic rings. The molecule has 1 saturated carbocycles. The van der Waals surface area contributed by atoms with Crippen molar-refractivity contribution in [2.45, 2.75) is 41.2 Å². The molecule has 0 bridgehead atoms. The maximum atomic E-state index is 14.1. The second-order valence-electron chi connectivity index (χ2n) is 7.44. The van der Waals surface area contributed by atoms with E-state index in [2.05, 4.69) is 4.74 Å². The van der Waals surface area contributed by atoms with Crippen LogP contribution in [0.3, 0.4) is 0 Å². The largest absolute Gasteiger partial charge is 0.466 e.